The summed E-state index contributed by atoms with van der Waals surface area (Å²) in [5.74, 6) is -0.208. The topological polar surface area (TPSA) is 150 Å². The highest BCUT2D eigenvalue weighted by Gasteiger charge is 2.50. The molecule has 11 nitrogen and oxygen atoms in total. The second-order valence-corrected chi connectivity index (χ2v) is 17.3. The number of aliphatic hydroxyl groups is 2. The molecule has 2 bridgehead atoms. The molecule has 4 fully saturated rings. The number of nitrogens with one attached hydrogen (secondary N) is 2. The van der Waals surface area contributed by atoms with Gasteiger partial charge in [-0.1, -0.05) is 55.5 Å². The fourth-order valence-electron chi connectivity index (χ4n) is 6.98. The van der Waals surface area contributed by atoms with Crippen molar-refractivity contribution in [1.29, 1.82) is 0 Å². The summed E-state index contributed by atoms with van der Waals surface area (Å²) in [6.07, 6.45) is 1.81. The lowest BCUT2D eigenvalue weighted by molar-refractivity contribution is -0.163. The highest BCUT2D eigenvalue weighted by molar-refractivity contribution is 7.89. The summed E-state index contributed by atoms with van der Waals surface area (Å²) in [7, 11) is -4.01. The lowest BCUT2D eigenvalue weighted by Crippen LogP contribution is -2.52. The van der Waals surface area contributed by atoms with E-state index in [0.717, 1.165) is 46.6 Å². The van der Waals surface area contributed by atoms with Gasteiger partial charge in [-0.15, -0.1) is 0 Å². The monoisotopic (exact) mass is 684 g/mol. The van der Waals surface area contributed by atoms with E-state index in [1.165, 1.54) is 15.6 Å². The van der Waals surface area contributed by atoms with E-state index in [-0.39, 0.29) is 47.6 Å². The maximum Gasteiger partial charge on any atom is 0.407 e. The summed E-state index contributed by atoms with van der Waals surface area (Å²) < 4.78 is 42.1. The predicted octanol–water partition coefficient (Wildman–Crippen LogP) is 4.35. The zero-order valence-corrected chi connectivity index (χ0v) is 28.4. The van der Waals surface area contributed by atoms with E-state index in [1.54, 1.807) is 18.2 Å². The Labute approximate surface area is 279 Å². The van der Waals surface area contributed by atoms with Gasteiger partial charge in [0.2, 0.25) is 10.0 Å². The lowest BCUT2D eigenvalue weighted by Gasteiger charge is -2.31. The van der Waals surface area contributed by atoms with Crippen LogP contribution in [-0.4, -0.2) is 84.3 Å². The average molecular weight is 685 g/mol. The van der Waals surface area contributed by atoms with Gasteiger partial charge in [-0.3, -0.25) is 0 Å². The van der Waals surface area contributed by atoms with Gasteiger partial charge >= 0.3 is 6.09 Å². The number of carbonyl (C=O) groups is 1. The number of fused-ring (bicyclic) bond motifs is 3. The molecule has 47 heavy (non-hydrogen) atoms. The number of nitrogens with zero attached hydrogens (tertiary/aromatic N) is 2. The van der Waals surface area contributed by atoms with Gasteiger partial charge in [-0.05, 0) is 67.7 Å². The van der Waals surface area contributed by atoms with Gasteiger partial charge in [0.15, 0.2) is 11.4 Å². The van der Waals surface area contributed by atoms with Crippen LogP contribution in [0, 0.1) is 23.2 Å². The molecule has 1 amide bonds. The number of hydrogen-bond donors (Lipinski definition) is 4. The van der Waals surface area contributed by atoms with E-state index in [9.17, 15) is 23.4 Å². The first-order valence-electron chi connectivity index (χ1n) is 16.6. The van der Waals surface area contributed by atoms with Crippen LogP contribution in [0.3, 0.4) is 0 Å². The molecule has 1 saturated heterocycles. The van der Waals surface area contributed by atoms with Crippen molar-refractivity contribution >= 4 is 42.8 Å². The van der Waals surface area contributed by atoms with Gasteiger partial charge < -0.3 is 30.3 Å². The number of alkyl carbamates (subject to hydrolysis) is 1. The van der Waals surface area contributed by atoms with Gasteiger partial charge in [-0.25, -0.2) is 18.2 Å². The Morgan fingerprint density at radius 3 is 2.68 bits per heavy atom. The van der Waals surface area contributed by atoms with Gasteiger partial charge in [0.25, 0.3) is 0 Å². The average Bonchev–Trinajstić information content (AvgIpc) is 3.95. The van der Waals surface area contributed by atoms with Crippen molar-refractivity contribution in [2.75, 3.05) is 25.0 Å². The molecule has 13 heteroatoms. The number of benzene rings is 2. The summed E-state index contributed by atoms with van der Waals surface area (Å²) >= 11 is 1.44. The normalized spacial score (nSPS) is 27.8. The molecule has 0 radical (unpaired) electrons. The number of aliphatic hydroxyl groups excluding tert-OH is 2. The van der Waals surface area contributed by atoms with Gasteiger partial charge in [0.1, 0.15) is 6.10 Å². The second-order valence-electron chi connectivity index (χ2n) is 14.3. The summed E-state index contributed by atoms with van der Waals surface area (Å²) in [5, 5.41) is 29.0. The van der Waals surface area contributed by atoms with Gasteiger partial charge in [0, 0.05) is 36.9 Å². The van der Waals surface area contributed by atoms with Crippen LogP contribution >= 0.6 is 11.3 Å². The molecule has 7 rings (SSSR count). The van der Waals surface area contributed by atoms with E-state index in [1.807, 2.05) is 37.3 Å². The van der Waals surface area contributed by atoms with Crippen LogP contribution in [0.1, 0.15) is 51.5 Å². The first kappa shape index (κ1) is 32.7. The van der Waals surface area contributed by atoms with Crippen molar-refractivity contribution in [2.45, 2.75) is 87.8 Å². The molecule has 3 saturated carbocycles. The standard InChI is InChI=1S/C34H44N4O7S2/c1-20-25-15-22(18-44-31(25)40)30(20)45-33(41)37-27(14-21-6-4-3-5-7-21)28(39)17-38(19-34(2)12-13-34)47(42,43)24-10-11-26-29(16-24)46-32(36-26)35-23-8-9-23/h3-7,10-11,16,20,22-23,25,27-28,30-31,39-40H,8-9,12-15,17-19H2,1-2H3,(H,35,36)(H,37,41)/t20?,22?,25?,27-,28+,30?,31?/m0/s1. The SMILES string of the molecule is CC1C2CC(COC2O)C1OC(=O)N[C@@H](Cc1ccccc1)[C@H](O)CN(CC1(C)CC1)S(=O)(=O)c1ccc2nc(NC3CC3)sc2c1. The van der Waals surface area contributed by atoms with Crippen LogP contribution in [0.4, 0.5) is 9.93 Å². The number of hydrogen-bond acceptors (Lipinski definition) is 10. The first-order chi connectivity index (χ1) is 22.5. The van der Waals surface area contributed by atoms with Crippen molar-refractivity contribution in [2.24, 2.45) is 23.2 Å². The number of sulfonamides is 1. The Kier molecular flexibility index (Phi) is 8.98. The molecule has 1 aromatic heterocycles. The second kappa shape index (κ2) is 12.9. The van der Waals surface area contributed by atoms with Crippen LogP contribution in [0.15, 0.2) is 53.4 Å². The van der Waals surface area contributed by atoms with Gasteiger partial charge in [-0.2, -0.15) is 4.31 Å². The molecule has 4 aliphatic rings. The number of amides is 1. The van der Waals surface area contributed by atoms with E-state index in [4.69, 9.17) is 9.47 Å². The summed E-state index contributed by atoms with van der Waals surface area (Å²) in [6, 6.07) is 14.1. The summed E-state index contributed by atoms with van der Waals surface area (Å²) in [4.78, 5) is 18.1. The predicted molar refractivity (Wildman–Crippen MR) is 178 cm³/mol. The van der Waals surface area contributed by atoms with Crippen LogP contribution in [0.2, 0.25) is 0 Å². The Morgan fingerprint density at radius 1 is 1.21 bits per heavy atom. The minimum Gasteiger partial charge on any atom is -0.446 e. The summed E-state index contributed by atoms with van der Waals surface area (Å²) in [6.45, 7) is 4.38. The third-order valence-electron chi connectivity index (χ3n) is 10.3. The zero-order chi connectivity index (χ0) is 32.9. The van der Waals surface area contributed by atoms with E-state index >= 15 is 0 Å². The van der Waals surface area contributed by atoms with E-state index < -0.39 is 40.7 Å². The summed E-state index contributed by atoms with van der Waals surface area (Å²) in [5.41, 5.74) is 1.45. The quantitative estimate of drug-likeness (QED) is 0.206. The maximum absolute atomic E-state index is 14.3. The molecular weight excluding hydrogens is 641 g/mol. The molecule has 1 aliphatic heterocycles. The molecular formula is C34H44N4O7S2. The van der Waals surface area contributed by atoms with Crippen LogP contribution in [-0.2, 0) is 25.9 Å². The van der Waals surface area contributed by atoms with Crippen LogP contribution in [0.25, 0.3) is 10.2 Å². The fraction of sp³-hybridized carbons (Fsp3) is 0.588. The van der Waals surface area contributed by atoms with Crippen LogP contribution in [0.5, 0.6) is 0 Å². The van der Waals surface area contributed by atoms with Crippen molar-refractivity contribution in [3.8, 4) is 0 Å². The number of anilines is 1. The fourth-order valence-corrected chi connectivity index (χ4v) is 9.67. The van der Waals surface area contributed by atoms with Crippen molar-refractivity contribution in [1.82, 2.24) is 14.6 Å². The number of thiazole rings is 1. The maximum atomic E-state index is 14.3. The molecule has 254 valence electrons. The first-order valence-corrected chi connectivity index (χ1v) is 18.9. The molecule has 2 aromatic carbocycles. The number of rotatable bonds is 13. The van der Waals surface area contributed by atoms with E-state index in [2.05, 4.69) is 22.5 Å². The molecule has 3 aliphatic carbocycles. The third-order valence-corrected chi connectivity index (χ3v) is 13.1. The largest absolute Gasteiger partial charge is 0.446 e. The minimum atomic E-state index is -4.01. The Morgan fingerprint density at radius 2 is 1.98 bits per heavy atom. The highest BCUT2D eigenvalue weighted by atomic mass is 32.2. The van der Waals surface area contributed by atoms with Crippen molar-refractivity contribution in [3.63, 3.8) is 0 Å². The molecule has 0 spiro atoms. The lowest BCUT2D eigenvalue weighted by atomic mass is 9.96. The molecule has 3 aromatic rings. The van der Waals surface area contributed by atoms with Crippen LogP contribution < -0.4 is 10.6 Å². The minimum absolute atomic E-state index is 0.0157. The smallest absolute Gasteiger partial charge is 0.407 e. The number of carbonyl (C=O) groups excluding carboxylic acids is 1. The van der Waals surface area contributed by atoms with Crippen molar-refractivity contribution < 1.29 is 32.9 Å². The number of aromatic nitrogens is 1. The number of ether oxygens (including phenoxy) is 2. The molecule has 5 unspecified atom stereocenters. The Balaban J connectivity index is 1.11. The molecule has 2 heterocycles. The Bertz CT molecular complexity index is 1690. The van der Waals surface area contributed by atoms with Gasteiger partial charge in [0.05, 0.1) is 33.9 Å². The zero-order valence-electron chi connectivity index (χ0n) is 26.7. The highest BCUT2D eigenvalue weighted by Crippen LogP contribution is 2.47. The van der Waals surface area contributed by atoms with E-state index in [0.29, 0.717) is 19.1 Å². The molecule has 7 atom stereocenters. The van der Waals surface area contributed by atoms with Crippen molar-refractivity contribution in [3.05, 3.63) is 54.1 Å². The molecule has 4 N–H and O–H groups in total. The Hall–Kier alpha value is -2.81. The third kappa shape index (κ3) is 7.30.